The lowest BCUT2D eigenvalue weighted by atomic mass is 9.47. The molecule has 2 heterocycles. The molecule has 18 heteroatoms. The molecule has 15 rings (SSSR count). The van der Waals surface area contributed by atoms with Gasteiger partial charge < -0.3 is 13.7 Å². The molecule has 0 radical (unpaired) electrons. The SMILES string of the molecule is CC[C@@]1(C)C(=O)CC[C@@H]2[C@@H]1CC[C@]1(C)C(=O)CC[C@@H]21.C[C@]12CCC(=O)C=C1CC[C@@H]1[C@@H]2CC[C@]2(C)C(=O)CC[C@@H]12.C[C@]12CCC(=O)OC1=CC[C@@H]1[C@@H]2CC[C@]2(C)C(=O)CC[C@@H]12.C[C@]12CCC(=O)OC1=CC[C@@H]1[C@@H]2CC[C@]2(C)C(OS(=O)(=O)C(F)(F)F)=CC[C@@H]12.O=C=O. The van der Waals surface area contributed by atoms with Crippen LogP contribution in [0.2, 0.25) is 0 Å². The van der Waals surface area contributed by atoms with Gasteiger partial charge in [-0.3, -0.25) is 33.6 Å². The van der Waals surface area contributed by atoms with Gasteiger partial charge >= 0.3 is 33.7 Å². The molecule has 0 N–H and O–H groups in total. The molecule has 0 aromatic heterocycles. The number of carbonyl (C=O) groups is 7. The van der Waals surface area contributed by atoms with Crippen LogP contribution in [0.5, 0.6) is 0 Å². The van der Waals surface area contributed by atoms with E-state index in [9.17, 15) is 55.2 Å². The number of alkyl halides is 3. The van der Waals surface area contributed by atoms with Gasteiger partial charge in [-0.25, -0.2) is 0 Å². The second kappa shape index (κ2) is 24.4. The molecule has 9 saturated carbocycles. The first-order chi connectivity index (χ1) is 43.1. The Bertz CT molecular complexity index is 3340. The zero-order valence-electron chi connectivity index (χ0n) is 55.8. The summed E-state index contributed by atoms with van der Waals surface area (Å²) >= 11 is 0. The number of ketones is 5. The third-order valence-corrected chi connectivity index (χ3v) is 30.3. The van der Waals surface area contributed by atoms with E-state index in [0.29, 0.717) is 121 Å². The molecule has 14 nitrogen and oxygen atoms in total. The number of hydrogen-bond donors (Lipinski definition) is 0. The Balaban J connectivity index is 0.000000125. The molecular formula is C74H99F3O14S. The molecule has 506 valence electrons. The summed E-state index contributed by atoms with van der Waals surface area (Å²) in [4.78, 5) is 101. The summed E-state index contributed by atoms with van der Waals surface area (Å²) in [5, 5.41) is 0. The van der Waals surface area contributed by atoms with E-state index in [1.165, 1.54) is 24.5 Å². The van der Waals surface area contributed by atoms with Crippen molar-refractivity contribution in [3.8, 4) is 0 Å². The smallest absolute Gasteiger partial charge is 0.431 e. The Morgan fingerprint density at radius 1 is 0.457 bits per heavy atom. The van der Waals surface area contributed by atoms with Gasteiger partial charge in [0.1, 0.15) is 40.4 Å². The minimum atomic E-state index is -5.67. The highest BCUT2D eigenvalue weighted by Crippen LogP contribution is 2.68. The number of esters is 2. The minimum Gasteiger partial charge on any atom is -0.431 e. The van der Waals surface area contributed by atoms with E-state index < -0.39 is 21.0 Å². The van der Waals surface area contributed by atoms with Crippen molar-refractivity contribution in [1.29, 1.82) is 0 Å². The van der Waals surface area contributed by atoms with Crippen molar-refractivity contribution in [2.24, 2.45) is 114 Å². The first-order valence-corrected chi connectivity index (χ1v) is 36.4. The molecule has 0 unspecified atom stereocenters. The summed E-state index contributed by atoms with van der Waals surface area (Å²) in [6.07, 6.45) is 32.6. The largest absolute Gasteiger partial charge is 0.534 e. The molecule has 11 fully saturated rings. The molecule has 20 atom stereocenters. The fraction of sp³-hybridized carbons (Fsp3) is 0.784. The van der Waals surface area contributed by atoms with Crippen LogP contribution in [0.1, 0.15) is 242 Å². The summed E-state index contributed by atoms with van der Waals surface area (Å²) < 4.78 is 77.0. The second-order valence-electron chi connectivity index (χ2n) is 32.8. The Hall–Kier alpha value is -4.83. The number of halogens is 3. The third kappa shape index (κ3) is 11.0. The summed E-state index contributed by atoms with van der Waals surface area (Å²) in [6.45, 7) is 19.6. The summed E-state index contributed by atoms with van der Waals surface area (Å²) in [7, 11) is -5.67. The van der Waals surface area contributed by atoms with Gasteiger partial charge in [0.25, 0.3) is 0 Å². The first kappa shape index (κ1) is 68.6. The summed E-state index contributed by atoms with van der Waals surface area (Å²) in [6, 6.07) is 0. The van der Waals surface area contributed by atoms with Crippen molar-refractivity contribution >= 4 is 57.1 Å². The van der Waals surface area contributed by atoms with E-state index in [-0.39, 0.29) is 79.5 Å². The van der Waals surface area contributed by atoms with Crippen LogP contribution in [0.3, 0.4) is 0 Å². The van der Waals surface area contributed by atoms with E-state index in [4.69, 9.17) is 19.1 Å². The van der Waals surface area contributed by atoms with Crippen molar-refractivity contribution in [3.63, 3.8) is 0 Å². The average molecular weight is 1300 g/mol. The van der Waals surface area contributed by atoms with Crippen LogP contribution in [0.4, 0.5) is 13.2 Å². The van der Waals surface area contributed by atoms with Crippen LogP contribution in [0.25, 0.3) is 0 Å². The van der Waals surface area contributed by atoms with Gasteiger partial charge in [-0.1, -0.05) is 67.9 Å². The Labute approximate surface area is 542 Å². The Kier molecular flexibility index (Phi) is 18.2. The summed E-state index contributed by atoms with van der Waals surface area (Å²) in [5.41, 5.74) is -5.04. The molecule has 0 bridgehead atoms. The number of rotatable bonds is 3. The molecule has 0 amide bonds. The van der Waals surface area contributed by atoms with Gasteiger partial charge in [0.05, 0.1) is 0 Å². The topological polar surface area (TPSA) is 215 Å². The second-order valence-corrected chi connectivity index (χ2v) is 34.3. The van der Waals surface area contributed by atoms with E-state index in [1.54, 1.807) is 6.92 Å². The van der Waals surface area contributed by atoms with Crippen LogP contribution in [-0.2, 0) is 66.9 Å². The monoisotopic (exact) mass is 1300 g/mol. The van der Waals surface area contributed by atoms with Gasteiger partial charge in [0, 0.05) is 82.9 Å². The molecule has 0 spiro atoms. The molecule has 2 aliphatic heterocycles. The van der Waals surface area contributed by atoms with E-state index >= 15 is 0 Å². The number of hydrogen-bond acceptors (Lipinski definition) is 14. The van der Waals surface area contributed by atoms with Gasteiger partial charge in [0.15, 0.2) is 5.78 Å². The number of allylic oxidation sites excluding steroid dienone is 7. The van der Waals surface area contributed by atoms with Gasteiger partial charge in [-0.15, -0.1) is 0 Å². The number of ether oxygens (including phenoxy) is 2. The molecule has 15 aliphatic rings. The van der Waals surface area contributed by atoms with E-state index in [0.717, 1.165) is 140 Å². The van der Waals surface area contributed by atoms with Crippen molar-refractivity contribution < 1.29 is 78.4 Å². The fourth-order valence-corrected chi connectivity index (χ4v) is 24.2. The lowest BCUT2D eigenvalue weighted by molar-refractivity contribution is -0.192. The molecule has 0 aromatic rings. The van der Waals surface area contributed by atoms with Crippen LogP contribution in [0.15, 0.2) is 47.2 Å². The van der Waals surface area contributed by atoms with Crippen LogP contribution in [0, 0.1) is 114 Å². The molecule has 13 aliphatic carbocycles. The maximum Gasteiger partial charge on any atom is 0.534 e. The van der Waals surface area contributed by atoms with Gasteiger partial charge in [0.2, 0.25) is 0 Å². The fourth-order valence-electron chi connectivity index (χ4n) is 23.6. The minimum absolute atomic E-state index is 0.00284. The maximum atomic E-state index is 12.8. The average Bonchev–Trinajstić information content (AvgIpc) is 1.36. The first-order valence-electron chi connectivity index (χ1n) is 35.0. The van der Waals surface area contributed by atoms with Crippen molar-refractivity contribution in [2.45, 2.75) is 248 Å². The van der Waals surface area contributed by atoms with E-state index in [2.05, 4.69) is 65.6 Å². The molecule has 2 saturated heterocycles. The molecule has 92 heavy (non-hydrogen) atoms. The Morgan fingerprint density at radius 2 is 0.848 bits per heavy atom. The Morgan fingerprint density at radius 3 is 1.33 bits per heavy atom. The maximum absolute atomic E-state index is 12.8. The number of carbonyl (C=O) groups excluding carboxylic acids is 9. The quantitative estimate of drug-likeness (QED) is 0.146. The van der Waals surface area contributed by atoms with Crippen molar-refractivity contribution in [3.05, 3.63) is 47.2 Å². The zero-order chi connectivity index (χ0) is 66.7. The predicted octanol–water partition coefficient (Wildman–Crippen LogP) is 15.3. The van der Waals surface area contributed by atoms with Crippen LogP contribution < -0.4 is 0 Å². The zero-order valence-corrected chi connectivity index (χ0v) is 56.6. The van der Waals surface area contributed by atoms with E-state index in [1.807, 2.05) is 12.2 Å². The number of Topliss-reactive ketones (excluding diaryl/α,β-unsaturated/α-hetero) is 4. The predicted molar refractivity (Wildman–Crippen MR) is 332 cm³/mol. The third-order valence-electron chi connectivity index (χ3n) is 29.3. The van der Waals surface area contributed by atoms with Gasteiger partial charge in [-0.05, 0) is 236 Å². The lowest BCUT2D eigenvalue weighted by Gasteiger charge is -2.56. The standard InChI is InChI=1S/C19H23F3O5S.C19H26O2.C18H24O3.C17H26O2.CO2/c1-17-10-8-16(23)26-14(17)5-3-11-12-4-6-15(18(12,2)9-7-13(11)17)27-28(24,25)19(20,21)22;1-18-9-7-13(20)11-12(18)3-4-14-15-5-6-17(21)19(15,2)10-8-16(14)18;1-17-9-7-13-11(12(17)4-5-14(17)19)3-6-15-18(13,2)10-8-16(20)21-15;1-4-16(2)13-9-10-17(3)12(6-8-15(17)19)11(13)5-7-14(16)18;2-1-3/h5-6,11-13H,3-4,7-10H2,1-2H3;11,14-16H,3-10H2,1-2H3;6,11-13H,3-5,7-10H2,1-2H3;11-13H,4-10H2,1-3H3;/t11-,12-,13-,17+,18-;14-,15-,16-,18-,19-;11-,12-,13-,17-,18+;11-,12-,13-,16+,17-;/m0000./s1. The normalized spacial score (nSPS) is 45.1. The van der Waals surface area contributed by atoms with Crippen molar-refractivity contribution in [2.75, 3.05) is 0 Å². The number of fused-ring (bicyclic) bond motifs is 18. The molecule has 0 aromatic carbocycles. The lowest BCUT2D eigenvalue weighted by Crippen LogP contribution is -2.52. The molecular weight excluding hydrogens is 1200 g/mol. The highest BCUT2D eigenvalue weighted by atomic mass is 32.2. The highest BCUT2D eigenvalue weighted by molar-refractivity contribution is 7.87. The van der Waals surface area contributed by atoms with Gasteiger partial charge in [-0.2, -0.15) is 31.2 Å². The van der Waals surface area contributed by atoms with Crippen molar-refractivity contribution in [1.82, 2.24) is 0 Å². The summed E-state index contributed by atoms with van der Waals surface area (Å²) in [5.74, 6) is 9.43. The van der Waals surface area contributed by atoms with Crippen LogP contribution >= 0.6 is 0 Å². The van der Waals surface area contributed by atoms with Crippen LogP contribution in [-0.4, -0.2) is 60.9 Å². The highest BCUT2D eigenvalue weighted by Gasteiger charge is 2.64.